The van der Waals surface area contributed by atoms with E-state index in [2.05, 4.69) is 15.8 Å². The molecule has 2 amide bonds. The van der Waals surface area contributed by atoms with E-state index in [1.807, 2.05) is 36.4 Å². The first-order valence-corrected chi connectivity index (χ1v) is 7.87. The average Bonchev–Trinajstić information content (AvgIpc) is 2.62. The Morgan fingerprint density at radius 3 is 2.96 bits per heavy atom. The third-order valence-corrected chi connectivity index (χ3v) is 4.12. The molecular formula is C18H19N3O3. The Morgan fingerprint density at radius 2 is 2.17 bits per heavy atom. The lowest BCUT2D eigenvalue weighted by Gasteiger charge is -2.19. The Balaban J connectivity index is 1.80. The van der Waals surface area contributed by atoms with Gasteiger partial charge in [-0.15, -0.1) is 0 Å². The van der Waals surface area contributed by atoms with Gasteiger partial charge in [0.2, 0.25) is 5.91 Å². The molecule has 1 atom stereocenters. The number of hydrogen-bond acceptors (Lipinski definition) is 4. The van der Waals surface area contributed by atoms with E-state index in [-0.39, 0.29) is 11.8 Å². The van der Waals surface area contributed by atoms with Gasteiger partial charge in [-0.05, 0) is 29.7 Å². The minimum Gasteiger partial charge on any atom is -0.496 e. The molecule has 1 heterocycles. The third-order valence-electron chi connectivity index (χ3n) is 4.12. The molecule has 6 nitrogen and oxygen atoms in total. The number of hydrazone groups is 1. The number of rotatable bonds is 4. The van der Waals surface area contributed by atoms with Gasteiger partial charge < -0.3 is 10.1 Å². The number of fused-ring (bicyclic) bond motifs is 1. The summed E-state index contributed by atoms with van der Waals surface area (Å²) in [5.41, 5.74) is 3.24. The summed E-state index contributed by atoms with van der Waals surface area (Å²) in [7, 11) is 1.59. The zero-order valence-corrected chi connectivity index (χ0v) is 13.4. The number of amides is 2. The summed E-state index contributed by atoms with van der Waals surface area (Å²) in [5, 5.41) is 8.75. The molecule has 24 heavy (non-hydrogen) atoms. The van der Waals surface area contributed by atoms with Crippen LogP contribution in [0.5, 0.6) is 5.75 Å². The SMILES string of the molecule is COc1ccc2ccccc2c1/C=N\NC(=O)[C@@H]1CCCNC1=O. The van der Waals surface area contributed by atoms with Gasteiger partial charge in [0.05, 0.1) is 13.3 Å². The Morgan fingerprint density at radius 1 is 1.33 bits per heavy atom. The summed E-state index contributed by atoms with van der Waals surface area (Å²) < 4.78 is 5.38. The normalized spacial score (nSPS) is 17.7. The second-order valence-electron chi connectivity index (χ2n) is 5.62. The van der Waals surface area contributed by atoms with Gasteiger partial charge in [0.1, 0.15) is 11.7 Å². The van der Waals surface area contributed by atoms with E-state index >= 15 is 0 Å². The Hall–Kier alpha value is -2.89. The fraction of sp³-hybridized carbons (Fsp3) is 0.278. The van der Waals surface area contributed by atoms with Crippen LogP contribution in [0.3, 0.4) is 0 Å². The van der Waals surface area contributed by atoms with Crippen LogP contribution in [-0.4, -0.2) is 31.7 Å². The lowest BCUT2D eigenvalue weighted by atomic mass is 9.98. The minimum absolute atomic E-state index is 0.239. The molecule has 1 fully saturated rings. The molecule has 0 unspecified atom stereocenters. The Kier molecular flexibility index (Phi) is 4.74. The van der Waals surface area contributed by atoms with Crippen molar-refractivity contribution in [3.8, 4) is 5.75 Å². The number of carbonyl (C=O) groups excluding carboxylic acids is 2. The highest BCUT2D eigenvalue weighted by atomic mass is 16.5. The van der Waals surface area contributed by atoms with Crippen LogP contribution in [0.1, 0.15) is 18.4 Å². The third kappa shape index (κ3) is 3.22. The molecule has 124 valence electrons. The van der Waals surface area contributed by atoms with Crippen molar-refractivity contribution < 1.29 is 14.3 Å². The summed E-state index contributed by atoms with van der Waals surface area (Å²) in [6.45, 7) is 0.624. The largest absolute Gasteiger partial charge is 0.496 e. The van der Waals surface area contributed by atoms with Gasteiger partial charge in [0.25, 0.3) is 5.91 Å². The molecule has 0 radical (unpaired) electrons. The molecule has 0 bridgehead atoms. The van der Waals surface area contributed by atoms with Gasteiger partial charge in [0.15, 0.2) is 0 Å². The quantitative estimate of drug-likeness (QED) is 0.511. The summed E-state index contributed by atoms with van der Waals surface area (Å²) >= 11 is 0. The van der Waals surface area contributed by atoms with Crippen molar-refractivity contribution in [2.75, 3.05) is 13.7 Å². The van der Waals surface area contributed by atoms with Crippen molar-refractivity contribution in [3.05, 3.63) is 42.0 Å². The van der Waals surface area contributed by atoms with Crippen LogP contribution < -0.4 is 15.5 Å². The van der Waals surface area contributed by atoms with Crippen LogP contribution in [-0.2, 0) is 9.59 Å². The smallest absolute Gasteiger partial charge is 0.252 e. The Bertz CT molecular complexity index is 801. The number of benzene rings is 2. The maximum absolute atomic E-state index is 12.1. The van der Waals surface area contributed by atoms with Gasteiger partial charge in [-0.1, -0.05) is 30.3 Å². The maximum atomic E-state index is 12.1. The summed E-state index contributed by atoms with van der Waals surface area (Å²) in [5.74, 6) is -0.633. The van der Waals surface area contributed by atoms with Crippen LogP contribution in [0.15, 0.2) is 41.5 Å². The molecule has 2 aromatic carbocycles. The first-order valence-electron chi connectivity index (χ1n) is 7.87. The number of nitrogens with one attached hydrogen (secondary N) is 2. The van der Waals surface area contributed by atoms with Crippen LogP contribution >= 0.6 is 0 Å². The van der Waals surface area contributed by atoms with Crippen LogP contribution in [0, 0.1) is 5.92 Å². The van der Waals surface area contributed by atoms with Gasteiger partial charge in [-0.25, -0.2) is 5.43 Å². The molecule has 1 aliphatic heterocycles. The van der Waals surface area contributed by atoms with Crippen molar-refractivity contribution in [2.45, 2.75) is 12.8 Å². The van der Waals surface area contributed by atoms with E-state index in [0.29, 0.717) is 18.7 Å². The molecule has 2 aromatic rings. The molecule has 1 saturated heterocycles. The molecule has 0 saturated carbocycles. The zero-order chi connectivity index (χ0) is 16.9. The van der Waals surface area contributed by atoms with Crippen molar-refractivity contribution in [1.82, 2.24) is 10.7 Å². The lowest BCUT2D eigenvalue weighted by molar-refractivity contribution is -0.136. The molecule has 0 spiro atoms. The molecule has 0 aliphatic carbocycles. The Labute approximate surface area is 139 Å². The zero-order valence-electron chi connectivity index (χ0n) is 13.4. The number of nitrogens with zero attached hydrogens (tertiary/aromatic N) is 1. The molecule has 1 aliphatic rings. The number of ether oxygens (including phenoxy) is 1. The van der Waals surface area contributed by atoms with Crippen LogP contribution in [0.2, 0.25) is 0 Å². The number of hydrogen-bond donors (Lipinski definition) is 2. The first kappa shape index (κ1) is 16.0. The fourth-order valence-corrected chi connectivity index (χ4v) is 2.85. The van der Waals surface area contributed by atoms with E-state index in [0.717, 1.165) is 22.8 Å². The second-order valence-corrected chi connectivity index (χ2v) is 5.62. The molecule has 2 N–H and O–H groups in total. The van der Waals surface area contributed by atoms with Crippen LogP contribution in [0.4, 0.5) is 0 Å². The van der Waals surface area contributed by atoms with Gasteiger partial charge in [0, 0.05) is 12.1 Å². The summed E-state index contributed by atoms with van der Waals surface area (Å²) in [4.78, 5) is 23.8. The number of carbonyl (C=O) groups is 2. The highest BCUT2D eigenvalue weighted by Gasteiger charge is 2.28. The predicted octanol–water partition coefficient (Wildman–Crippen LogP) is 1.82. The van der Waals surface area contributed by atoms with Crippen molar-refractivity contribution in [3.63, 3.8) is 0 Å². The van der Waals surface area contributed by atoms with E-state index < -0.39 is 5.92 Å². The number of methoxy groups -OCH3 is 1. The van der Waals surface area contributed by atoms with Crippen molar-refractivity contribution >= 4 is 28.8 Å². The second kappa shape index (κ2) is 7.12. The van der Waals surface area contributed by atoms with E-state index in [1.54, 1.807) is 13.3 Å². The summed E-state index contributed by atoms with van der Waals surface area (Å²) in [6.07, 6.45) is 2.90. The van der Waals surface area contributed by atoms with Gasteiger partial charge in [-0.3, -0.25) is 9.59 Å². The molecule has 6 heteroatoms. The highest BCUT2D eigenvalue weighted by Crippen LogP contribution is 2.26. The van der Waals surface area contributed by atoms with Crippen LogP contribution in [0.25, 0.3) is 10.8 Å². The van der Waals surface area contributed by atoms with Crippen molar-refractivity contribution in [2.24, 2.45) is 11.0 Å². The monoisotopic (exact) mass is 325 g/mol. The molecule has 3 rings (SSSR count). The summed E-state index contributed by atoms with van der Waals surface area (Å²) in [6, 6.07) is 11.7. The van der Waals surface area contributed by atoms with Gasteiger partial charge in [-0.2, -0.15) is 5.10 Å². The van der Waals surface area contributed by atoms with Crippen molar-refractivity contribution in [1.29, 1.82) is 0 Å². The van der Waals surface area contributed by atoms with E-state index in [4.69, 9.17) is 4.74 Å². The minimum atomic E-state index is -0.676. The molecular weight excluding hydrogens is 306 g/mol. The molecule has 0 aromatic heterocycles. The standard InChI is InChI=1S/C18H19N3O3/c1-24-16-9-8-12-5-2-3-6-13(12)15(16)11-20-21-18(23)14-7-4-10-19-17(14)22/h2-3,5-6,8-9,11,14H,4,7,10H2,1H3,(H,19,22)(H,21,23)/b20-11-/t14-/m1/s1. The average molecular weight is 325 g/mol. The topological polar surface area (TPSA) is 79.8 Å². The number of piperidine rings is 1. The predicted molar refractivity (Wildman–Crippen MR) is 92.0 cm³/mol. The van der Waals surface area contributed by atoms with Gasteiger partial charge >= 0.3 is 0 Å². The highest BCUT2D eigenvalue weighted by molar-refractivity contribution is 6.04. The maximum Gasteiger partial charge on any atom is 0.252 e. The first-order chi connectivity index (χ1) is 11.7. The fourth-order valence-electron chi connectivity index (χ4n) is 2.85. The lowest BCUT2D eigenvalue weighted by Crippen LogP contribution is -2.43. The van der Waals surface area contributed by atoms with E-state index in [9.17, 15) is 9.59 Å². The van der Waals surface area contributed by atoms with E-state index in [1.165, 1.54) is 0 Å².